The molecule has 0 bridgehead atoms. The van der Waals surface area contributed by atoms with Crippen molar-refractivity contribution in [3.05, 3.63) is 24.3 Å². The maximum atomic E-state index is 12.2. The maximum Gasteiger partial charge on any atom is 0.238 e. The highest BCUT2D eigenvalue weighted by Gasteiger charge is 2.21. The van der Waals surface area contributed by atoms with Crippen LogP contribution in [0.4, 0.5) is 5.69 Å². The van der Waals surface area contributed by atoms with Gasteiger partial charge in [0.1, 0.15) is 5.75 Å². The van der Waals surface area contributed by atoms with E-state index in [1.54, 1.807) is 0 Å². The Bertz CT molecular complexity index is 598. The van der Waals surface area contributed by atoms with Crippen molar-refractivity contribution in [3.63, 3.8) is 0 Å². The van der Waals surface area contributed by atoms with Gasteiger partial charge in [-0.3, -0.25) is 19.4 Å². The second-order valence-electron chi connectivity index (χ2n) is 6.93. The minimum Gasteiger partial charge on any atom is -0.494 e. The van der Waals surface area contributed by atoms with E-state index >= 15 is 0 Å². The van der Waals surface area contributed by atoms with E-state index in [0.717, 1.165) is 44.0 Å². The molecule has 7 heteroatoms. The lowest BCUT2D eigenvalue weighted by Crippen LogP contribution is -2.51. The van der Waals surface area contributed by atoms with E-state index < -0.39 is 0 Å². The minimum absolute atomic E-state index is 0.0258. The number of nitrogens with zero attached hydrogens (tertiary/aromatic N) is 2. The maximum absolute atomic E-state index is 12.2. The largest absolute Gasteiger partial charge is 0.494 e. The van der Waals surface area contributed by atoms with Crippen LogP contribution < -0.4 is 15.4 Å². The first-order valence-electron chi connectivity index (χ1n) is 9.77. The number of anilines is 1. The zero-order valence-electron chi connectivity index (χ0n) is 16.7. The molecule has 1 aromatic carbocycles. The monoisotopic (exact) mass is 376 g/mol. The molecule has 1 atom stereocenters. The van der Waals surface area contributed by atoms with Crippen molar-refractivity contribution >= 4 is 17.5 Å². The third kappa shape index (κ3) is 7.56. The Balaban J connectivity index is 1.68. The molecule has 0 saturated carbocycles. The molecule has 0 spiro atoms. The van der Waals surface area contributed by atoms with Crippen LogP contribution in [-0.2, 0) is 9.59 Å². The minimum atomic E-state index is -0.0258. The van der Waals surface area contributed by atoms with Gasteiger partial charge in [-0.2, -0.15) is 0 Å². The van der Waals surface area contributed by atoms with Gasteiger partial charge in [0.15, 0.2) is 0 Å². The number of amides is 2. The van der Waals surface area contributed by atoms with Crippen molar-refractivity contribution in [2.24, 2.45) is 0 Å². The fourth-order valence-electron chi connectivity index (χ4n) is 2.94. The lowest BCUT2D eigenvalue weighted by atomic mass is 10.2. The number of piperazine rings is 1. The summed E-state index contributed by atoms with van der Waals surface area (Å²) in [6.45, 7) is 10.6. The van der Waals surface area contributed by atoms with Crippen molar-refractivity contribution in [2.75, 3.05) is 51.2 Å². The number of ether oxygens (including phenoxy) is 1. The number of benzene rings is 1. The van der Waals surface area contributed by atoms with Gasteiger partial charge in [0.2, 0.25) is 11.8 Å². The van der Waals surface area contributed by atoms with E-state index in [1.807, 2.05) is 38.1 Å². The summed E-state index contributed by atoms with van der Waals surface area (Å²) in [5, 5.41) is 5.91. The van der Waals surface area contributed by atoms with E-state index in [9.17, 15) is 9.59 Å². The van der Waals surface area contributed by atoms with Crippen molar-refractivity contribution in [1.29, 1.82) is 0 Å². The molecule has 1 aliphatic rings. The summed E-state index contributed by atoms with van der Waals surface area (Å²) in [6, 6.07) is 7.60. The average Bonchev–Trinajstić information content (AvgIpc) is 2.65. The molecule has 0 aromatic heterocycles. The molecule has 0 radical (unpaired) electrons. The van der Waals surface area contributed by atoms with Crippen LogP contribution in [0.1, 0.15) is 27.2 Å². The molecule has 2 N–H and O–H groups in total. The van der Waals surface area contributed by atoms with E-state index in [1.165, 1.54) is 0 Å². The van der Waals surface area contributed by atoms with Crippen LogP contribution in [0.15, 0.2) is 24.3 Å². The Morgan fingerprint density at radius 2 is 1.56 bits per heavy atom. The van der Waals surface area contributed by atoms with Gasteiger partial charge in [0.05, 0.1) is 19.7 Å². The van der Waals surface area contributed by atoms with E-state index in [0.29, 0.717) is 19.7 Å². The summed E-state index contributed by atoms with van der Waals surface area (Å²) in [4.78, 5) is 28.5. The molecule has 1 fully saturated rings. The van der Waals surface area contributed by atoms with E-state index in [-0.39, 0.29) is 17.9 Å². The number of carbonyl (C=O) groups excluding carboxylic acids is 2. The molecule has 1 heterocycles. The van der Waals surface area contributed by atoms with Crippen LogP contribution in [0.5, 0.6) is 5.75 Å². The van der Waals surface area contributed by atoms with Gasteiger partial charge in [-0.05, 0) is 44.5 Å². The number of carbonyl (C=O) groups is 2. The molecule has 7 nitrogen and oxygen atoms in total. The molecule has 2 rings (SSSR count). The van der Waals surface area contributed by atoms with Gasteiger partial charge in [-0.25, -0.2) is 0 Å². The van der Waals surface area contributed by atoms with E-state index in [4.69, 9.17) is 4.74 Å². The van der Waals surface area contributed by atoms with Crippen LogP contribution in [0, 0.1) is 0 Å². The molecule has 1 aromatic rings. The summed E-state index contributed by atoms with van der Waals surface area (Å²) in [6.07, 6.45) is 0.934. The summed E-state index contributed by atoms with van der Waals surface area (Å²) in [5.41, 5.74) is 0.767. The normalized spacial score (nSPS) is 16.6. The Hall–Kier alpha value is -2.12. The molecular formula is C20H32N4O3. The molecule has 1 saturated heterocycles. The lowest BCUT2D eigenvalue weighted by Gasteiger charge is -2.34. The number of hydrogen-bond acceptors (Lipinski definition) is 5. The van der Waals surface area contributed by atoms with Crippen molar-refractivity contribution in [2.45, 2.75) is 33.2 Å². The van der Waals surface area contributed by atoms with Gasteiger partial charge in [-0.15, -0.1) is 0 Å². The third-order valence-corrected chi connectivity index (χ3v) is 4.67. The molecule has 0 aliphatic carbocycles. The third-order valence-electron chi connectivity index (χ3n) is 4.67. The van der Waals surface area contributed by atoms with E-state index in [2.05, 4.69) is 27.4 Å². The van der Waals surface area contributed by atoms with Gasteiger partial charge in [-0.1, -0.05) is 6.92 Å². The molecular weight excluding hydrogens is 344 g/mol. The van der Waals surface area contributed by atoms with Crippen molar-refractivity contribution in [3.8, 4) is 5.75 Å². The lowest BCUT2D eigenvalue weighted by molar-refractivity contribution is -0.124. The summed E-state index contributed by atoms with van der Waals surface area (Å²) in [5.74, 6) is 0.845. The topological polar surface area (TPSA) is 73.9 Å². The van der Waals surface area contributed by atoms with Gasteiger partial charge < -0.3 is 15.4 Å². The van der Waals surface area contributed by atoms with Crippen LogP contribution in [-0.4, -0.2) is 73.5 Å². The Morgan fingerprint density at radius 3 is 2.07 bits per heavy atom. The number of hydrogen-bond donors (Lipinski definition) is 2. The smallest absolute Gasteiger partial charge is 0.238 e. The summed E-state index contributed by atoms with van der Waals surface area (Å²) < 4.78 is 5.40. The molecule has 27 heavy (non-hydrogen) atoms. The second-order valence-corrected chi connectivity index (χ2v) is 6.93. The van der Waals surface area contributed by atoms with Gasteiger partial charge in [0.25, 0.3) is 0 Å². The number of nitrogens with one attached hydrogen (secondary N) is 2. The van der Waals surface area contributed by atoms with Crippen molar-refractivity contribution in [1.82, 2.24) is 15.1 Å². The molecule has 2 amide bonds. The predicted octanol–water partition coefficient (Wildman–Crippen LogP) is 1.56. The van der Waals surface area contributed by atoms with Crippen LogP contribution in [0.3, 0.4) is 0 Å². The highest BCUT2D eigenvalue weighted by Crippen LogP contribution is 2.15. The second kappa shape index (κ2) is 10.9. The Kier molecular flexibility index (Phi) is 8.54. The standard InChI is InChI=1S/C20H32N4O3/c1-4-16(3)21-19(25)14-23-10-12-24(13-11-23)15-20(26)22-17-6-8-18(9-7-17)27-5-2/h6-9,16H,4-5,10-15H2,1-3H3,(H,21,25)(H,22,26). The average molecular weight is 377 g/mol. The highest BCUT2D eigenvalue weighted by molar-refractivity contribution is 5.92. The van der Waals surface area contributed by atoms with Gasteiger partial charge in [0, 0.05) is 37.9 Å². The quantitative estimate of drug-likeness (QED) is 0.684. The summed E-state index contributed by atoms with van der Waals surface area (Å²) >= 11 is 0. The first-order chi connectivity index (χ1) is 13.0. The zero-order chi connectivity index (χ0) is 19.6. The predicted molar refractivity (Wildman–Crippen MR) is 107 cm³/mol. The first-order valence-corrected chi connectivity index (χ1v) is 9.77. The van der Waals surface area contributed by atoms with Gasteiger partial charge >= 0.3 is 0 Å². The zero-order valence-corrected chi connectivity index (χ0v) is 16.7. The first kappa shape index (κ1) is 21.2. The fourth-order valence-corrected chi connectivity index (χ4v) is 2.94. The Morgan fingerprint density at radius 1 is 1.00 bits per heavy atom. The van der Waals surface area contributed by atoms with Crippen molar-refractivity contribution < 1.29 is 14.3 Å². The highest BCUT2D eigenvalue weighted by atomic mass is 16.5. The molecule has 150 valence electrons. The summed E-state index contributed by atoms with van der Waals surface area (Å²) in [7, 11) is 0. The fraction of sp³-hybridized carbons (Fsp3) is 0.600. The SMILES string of the molecule is CCOc1ccc(NC(=O)CN2CCN(CC(=O)NC(C)CC)CC2)cc1. The molecule has 1 aliphatic heterocycles. The van der Waals surface area contributed by atoms with Crippen LogP contribution >= 0.6 is 0 Å². The van der Waals surface area contributed by atoms with Crippen LogP contribution in [0.2, 0.25) is 0 Å². The van der Waals surface area contributed by atoms with Crippen LogP contribution in [0.25, 0.3) is 0 Å². The number of rotatable bonds is 9. The molecule has 1 unspecified atom stereocenters. The Labute approximate surface area is 162 Å².